The van der Waals surface area contributed by atoms with Gasteiger partial charge >= 0.3 is 0 Å². The summed E-state index contributed by atoms with van der Waals surface area (Å²) in [6.45, 7) is 12.1. The van der Waals surface area contributed by atoms with E-state index < -0.39 is 0 Å². The van der Waals surface area contributed by atoms with Gasteiger partial charge in [-0.25, -0.2) is 4.99 Å². The van der Waals surface area contributed by atoms with Crippen LogP contribution < -0.4 is 20.7 Å². The number of hydrogen-bond donors (Lipinski definition) is 3. The second-order valence-corrected chi connectivity index (χ2v) is 8.13. The number of carbonyl (C=O) groups excluding carboxylic acids is 1. The van der Waals surface area contributed by atoms with Crippen molar-refractivity contribution in [3.63, 3.8) is 0 Å². The maximum absolute atomic E-state index is 12.3. The molecule has 2 rings (SSSR count). The average Bonchev–Trinajstić information content (AvgIpc) is 2.79. The van der Waals surface area contributed by atoms with Crippen molar-refractivity contribution in [3.8, 4) is 5.75 Å². The van der Waals surface area contributed by atoms with Crippen LogP contribution in [0.25, 0.3) is 0 Å². The van der Waals surface area contributed by atoms with Gasteiger partial charge in [0.2, 0.25) is 5.91 Å². The number of rotatable bonds is 11. The number of halogens is 1. The van der Waals surface area contributed by atoms with Gasteiger partial charge < -0.3 is 25.4 Å². The molecular formula is C23H40IN5O3. The van der Waals surface area contributed by atoms with Crippen molar-refractivity contribution in [3.05, 3.63) is 29.8 Å². The summed E-state index contributed by atoms with van der Waals surface area (Å²) in [4.78, 5) is 19.2. The zero-order valence-corrected chi connectivity index (χ0v) is 22.2. The molecule has 8 nitrogen and oxygen atoms in total. The van der Waals surface area contributed by atoms with E-state index in [1.54, 1.807) is 7.11 Å². The number of carbonyl (C=O) groups is 1. The summed E-state index contributed by atoms with van der Waals surface area (Å²) >= 11 is 0. The van der Waals surface area contributed by atoms with Gasteiger partial charge in [0.25, 0.3) is 0 Å². The average molecular weight is 562 g/mol. The Labute approximate surface area is 209 Å². The van der Waals surface area contributed by atoms with Crippen molar-refractivity contribution in [2.24, 2.45) is 10.9 Å². The summed E-state index contributed by atoms with van der Waals surface area (Å²) in [6.07, 6.45) is 1.11. The summed E-state index contributed by atoms with van der Waals surface area (Å²) in [5.74, 6) is 1.97. The van der Waals surface area contributed by atoms with Crippen LogP contribution in [-0.2, 0) is 16.1 Å². The number of morpholine rings is 1. The van der Waals surface area contributed by atoms with Crippen molar-refractivity contribution in [2.45, 2.75) is 39.8 Å². The molecule has 1 fully saturated rings. The number of nitrogens with one attached hydrogen (secondary N) is 3. The fourth-order valence-electron chi connectivity index (χ4n) is 3.56. The summed E-state index contributed by atoms with van der Waals surface area (Å²) in [5, 5.41) is 9.58. The SMILES string of the molecule is CCNC(=NCC(=O)NCc1ccc(OC)cc1)NCC(CC(C)C)N1CCOCC1.I. The Kier molecular flexibility index (Phi) is 14.3. The third kappa shape index (κ3) is 10.8. The van der Waals surface area contributed by atoms with Crippen LogP contribution in [-0.4, -0.2) is 75.9 Å². The molecule has 1 heterocycles. The minimum Gasteiger partial charge on any atom is -0.497 e. The minimum absolute atomic E-state index is 0. The summed E-state index contributed by atoms with van der Waals surface area (Å²) < 4.78 is 10.7. The van der Waals surface area contributed by atoms with Crippen LogP contribution >= 0.6 is 24.0 Å². The highest BCUT2D eigenvalue weighted by Crippen LogP contribution is 2.13. The van der Waals surface area contributed by atoms with Gasteiger partial charge in [-0.2, -0.15) is 0 Å². The van der Waals surface area contributed by atoms with Crippen molar-refractivity contribution >= 4 is 35.8 Å². The van der Waals surface area contributed by atoms with Crippen molar-refractivity contribution in [2.75, 3.05) is 53.0 Å². The molecule has 0 saturated carbocycles. The standard InChI is InChI=1S/C23H39N5O3.HI/c1-5-24-23(26-16-20(14-18(2)3)28-10-12-31-13-11-28)27-17-22(29)25-15-19-6-8-21(30-4)9-7-19;/h6-9,18,20H,5,10-17H2,1-4H3,(H,25,29)(H2,24,26,27);1H. The molecule has 1 atom stereocenters. The van der Waals surface area contributed by atoms with E-state index in [0.29, 0.717) is 24.5 Å². The third-order valence-electron chi connectivity index (χ3n) is 5.18. The normalized spacial score (nSPS) is 15.6. The molecule has 32 heavy (non-hydrogen) atoms. The number of hydrogen-bond acceptors (Lipinski definition) is 5. The van der Waals surface area contributed by atoms with E-state index in [-0.39, 0.29) is 36.4 Å². The predicted molar refractivity (Wildman–Crippen MR) is 140 cm³/mol. The lowest BCUT2D eigenvalue weighted by Crippen LogP contribution is -2.51. The molecule has 1 aromatic carbocycles. The monoisotopic (exact) mass is 561 g/mol. The van der Waals surface area contributed by atoms with Crippen LogP contribution in [0, 0.1) is 5.92 Å². The summed E-state index contributed by atoms with van der Waals surface area (Å²) in [7, 11) is 1.64. The number of benzene rings is 1. The first kappa shape index (κ1) is 28.4. The molecule has 0 aliphatic carbocycles. The summed E-state index contributed by atoms with van der Waals surface area (Å²) in [5.41, 5.74) is 1.02. The van der Waals surface area contributed by atoms with Crippen LogP contribution in [0.1, 0.15) is 32.8 Å². The molecule has 1 saturated heterocycles. The molecule has 182 valence electrons. The Morgan fingerprint density at radius 3 is 2.44 bits per heavy atom. The van der Waals surface area contributed by atoms with E-state index in [1.165, 1.54) is 0 Å². The van der Waals surface area contributed by atoms with Gasteiger partial charge in [0.15, 0.2) is 5.96 Å². The first-order valence-electron chi connectivity index (χ1n) is 11.3. The van der Waals surface area contributed by atoms with Crippen LogP contribution in [0.3, 0.4) is 0 Å². The van der Waals surface area contributed by atoms with Gasteiger partial charge in [-0.05, 0) is 37.0 Å². The van der Waals surface area contributed by atoms with E-state index >= 15 is 0 Å². The number of amides is 1. The molecule has 0 bridgehead atoms. The van der Waals surface area contributed by atoms with Crippen LogP contribution in [0.4, 0.5) is 0 Å². The van der Waals surface area contributed by atoms with Crippen molar-refractivity contribution in [1.29, 1.82) is 0 Å². The Balaban J connectivity index is 0.00000512. The Morgan fingerprint density at radius 1 is 1.16 bits per heavy atom. The molecule has 0 aromatic heterocycles. The van der Waals surface area contributed by atoms with Crippen LogP contribution in [0.5, 0.6) is 5.75 Å². The maximum Gasteiger partial charge on any atom is 0.242 e. The van der Waals surface area contributed by atoms with E-state index in [9.17, 15) is 4.79 Å². The van der Waals surface area contributed by atoms with Gasteiger partial charge in [-0.1, -0.05) is 26.0 Å². The molecule has 3 N–H and O–H groups in total. The number of guanidine groups is 1. The smallest absolute Gasteiger partial charge is 0.242 e. The lowest BCUT2D eigenvalue weighted by molar-refractivity contribution is -0.119. The number of methoxy groups -OCH3 is 1. The quantitative estimate of drug-likeness (QED) is 0.218. The highest BCUT2D eigenvalue weighted by Gasteiger charge is 2.22. The molecule has 0 radical (unpaired) electrons. The summed E-state index contributed by atoms with van der Waals surface area (Å²) in [6, 6.07) is 8.06. The molecule has 9 heteroatoms. The van der Waals surface area contributed by atoms with Gasteiger partial charge in [-0.15, -0.1) is 24.0 Å². The van der Waals surface area contributed by atoms with Gasteiger partial charge in [0.1, 0.15) is 12.3 Å². The second kappa shape index (κ2) is 16.1. The van der Waals surface area contributed by atoms with E-state index in [4.69, 9.17) is 9.47 Å². The minimum atomic E-state index is -0.111. The molecule has 1 amide bonds. The lowest BCUT2D eigenvalue weighted by atomic mass is 10.0. The van der Waals surface area contributed by atoms with E-state index in [0.717, 1.165) is 57.1 Å². The molecule has 1 unspecified atom stereocenters. The Bertz CT molecular complexity index is 679. The van der Waals surface area contributed by atoms with Gasteiger partial charge in [-0.3, -0.25) is 9.69 Å². The molecular weight excluding hydrogens is 521 g/mol. The highest BCUT2D eigenvalue weighted by atomic mass is 127. The molecule has 1 aromatic rings. The fourth-order valence-corrected chi connectivity index (χ4v) is 3.56. The highest BCUT2D eigenvalue weighted by molar-refractivity contribution is 14.0. The number of nitrogens with zero attached hydrogens (tertiary/aromatic N) is 2. The number of ether oxygens (including phenoxy) is 2. The third-order valence-corrected chi connectivity index (χ3v) is 5.18. The van der Waals surface area contributed by atoms with Crippen LogP contribution in [0.15, 0.2) is 29.3 Å². The fraction of sp³-hybridized carbons (Fsp3) is 0.652. The number of aliphatic imine (C=N–C) groups is 1. The topological polar surface area (TPSA) is 87.2 Å². The van der Waals surface area contributed by atoms with Gasteiger partial charge in [0, 0.05) is 38.8 Å². The van der Waals surface area contributed by atoms with Crippen LogP contribution in [0.2, 0.25) is 0 Å². The first-order valence-corrected chi connectivity index (χ1v) is 11.3. The zero-order valence-electron chi connectivity index (χ0n) is 19.9. The Morgan fingerprint density at radius 2 is 1.84 bits per heavy atom. The maximum atomic E-state index is 12.3. The van der Waals surface area contributed by atoms with E-state index in [1.807, 2.05) is 31.2 Å². The molecule has 1 aliphatic rings. The Hall–Kier alpha value is -1.59. The largest absolute Gasteiger partial charge is 0.497 e. The molecule has 0 spiro atoms. The van der Waals surface area contributed by atoms with Crippen molar-refractivity contribution in [1.82, 2.24) is 20.9 Å². The second-order valence-electron chi connectivity index (χ2n) is 8.13. The predicted octanol–water partition coefficient (Wildman–Crippen LogP) is 2.23. The zero-order chi connectivity index (χ0) is 22.5. The lowest BCUT2D eigenvalue weighted by Gasteiger charge is -2.35. The van der Waals surface area contributed by atoms with Crippen molar-refractivity contribution < 1.29 is 14.3 Å². The van der Waals surface area contributed by atoms with E-state index in [2.05, 4.69) is 39.7 Å². The first-order chi connectivity index (χ1) is 15.0. The van der Waals surface area contributed by atoms with Gasteiger partial charge in [0.05, 0.1) is 20.3 Å². The molecule has 1 aliphatic heterocycles.